The van der Waals surface area contributed by atoms with Gasteiger partial charge >= 0.3 is 0 Å². The Labute approximate surface area is 176 Å². The first-order valence-electron chi connectivity index (χ1n) is 9.71. The Morgan fingerprint density at radius 2 is 1.75 bits per heavy atom. The molecule has 1 aromatic heterocycles. The van der Waals surface area contributed by atoms with Crippen molar-refractivity contribution in [3.05, 3.63) is 33.6 Å². The van der Waals surface area contributed by atoms with E-state index in [0.29, 0.717) is 27.6 Å². The standard InChI is InChI=1S/C21H30ClN3O2S/c1-12(2)11-24-20(27)17-10-16(22)8-9-18(17)23-21(24)28-15(7)19(26)25(13(3)4)14(5)6/h8-10,12-15H,11H2,1-7H3/t15-/m0/s1. The summed E-state index contributed by atoms with van der Waals surface area (Å²) in [7, 11) is 0. The number of fused-ring (bicyclic) bond motifs is 1. The average Bonchev–Trinajstić information content (AvgIpc) is 2.58. The topological polar surface area (TPSA) is 55.2 Å². The number of hydrogen-bond donors (Lipinski definition) is 0. The zero-order valence-corrected chi connectivity index (χ0v) is 19.3. The molecule has 0 saturated heterocycles. The van der Waals surface area contributed by atoms with Gasteiger partial charge in [0.05, 0.1) is 16.2 Å². The van der Waals surface area contributed by atoms with Gasteiger partial charge in [-0.05, 0) is 58.7 Å². The lowest BCUT2D eigenvalue weighted by molar-refractivity contribution is -0.133. The molecule has 0 aliphatic heterocycles. The number of carbonyl (C=O) groups is 1. The van der Waals surface area contributed by atoms with Crippen molar-refractivity contribution in [3.63, 3.8) is 0 Å². The van der Waals surface area contributed by atoms with Gasteiger partial charge in [0.25, 0.3) is 5.56 Å². The van der Waals surface area contributed by atoms with Crippen molar-refractivity contribution in [1.29, 1.82) is 0 Å². The van der Waals surface area contributed by atoms with Crippen LogP contribution < -0.4 is 5.56 Å². The van der Waals surface area contributed by atoms with Crippen LogP contribution in [0.2, 0.25) is 5.02 Å². The lowest BCUT2D eigenvalue weighted by atomic mass is 10.2. The van der Waals surface area contributed by atoms with Crippen LogP contribution in [0.5, 0.6) is 0 Å². The Morgan fingerprint density at radius 3 is 2.29 bits per heavy atom. The molecule has 0 saturated carbocycles. The summed E-state index contributed by atoms with van der Waals surface area (Å²) in [4.78, 5) is 32.7. The van der Waals surface area contributed by atoms with E-state index in [1.54, 1.807) is 22.8 Å². The molecule has 0 N–H and O–H groups in total. The van der Waals surface area contributed by atoms with Gasteiger partial charge in [0.2, 0.25) is 5.91 Å². The molecule has 0 radical (unpaired) electrons. The summed E-state index contributed by atoms with van der Waals surface area (Å²) in [6.45, 7) is 14.6. The molecule has 0 aliphatic rings. The summed E-state index contributed by atoms with van der Waals surface area (Å²) < 4.78 is 1.67. The van der Waals surface area contributed by atoms with Crippen LogP contribution in [-0.2, 0) is 11.3 Å². The van der Waals surface area contributed by atoms with Crippen LogP contribution >= 0.6 is 23.4 Å². The fraction of sp³-hybridized carbons (Fsp3) is 0.571. The zero-order chi connectivity index (χ0) is 21.2. The molecular formula is C21H30ClN3O2S. The summed E-state index contributed by atoms with van der Waals surface area (Å²) >= 11 is 7.42. The number of aromatic nitrogens is 2. The van der Waals surface area contributed by atoms with Crippen LogP contribution in [0.15, 0.2) is 28.2 Å². The number of hydrogen-bond acceptors (Lipinski definition) is 4. The van der Waals surface area contributed by atoms with E-state index in [9.17, 15) is 9.59 Å². The quantitative estimate of drug-likeness (QED) is 0.472. The zero-order valence-electron chi connectivity index (χ0n) is 17.7. The SMILES string of the molecule is CC(C)Cn1c(S[C@@H](C)C(=O)N(C(C)C)C(C)C)nc2ccc(Cl)cc2c1=O. The smallest absolute Gasteiger partial charge is 0.262 e. The van der Waals surface area contributed by atoms with Gasteiger partial charge < -0.3 is 4.90 Å². The van der Waals surface area contributed by atoms with Crippen molar-refractivity contribution in [2.75, 3.05) is 0 Å². The maximum atomic E-state index is 13.1. The molecule has 7 heteroatoms. The molecule has 1 amide bonds. The molecule has 2 aromatic rings. The molecule has 0 aliphatic carbocycles. The monoisotopic (exact) mass is 423 g/mol. The van der Waals surface area contributed by atoms with E-state index >= 15 is 0 Å². The summed E-state index contributed by atoms with van der Waals surface area (Å²) in [6, 6.07) is 5.36. The van der Waals surface area contributed by atoms with Crippen LogP contribution in [0.25, 0.3) is 10.9 Å². The van der Waals surface area contributed by atoms with Crippen molar-refractivity contribution < 1.29 is 4.79 Å². The van der Waals surface area contributed by atoms with E-state index in [1.807, 2.05) is 39.5 Å². The minimum absolute atomic E-state index is 0.0524. The van der Waals surface area contributed by atoms with Crippen molar-refractivity contribution >= 4 is 40.2 Å². The van der Waals surface area contributed by atoms with E-state index in [2.05, 4.69) is 13.8 Å². The summed E-state index contributed by atoms with van der Waals surface area (Å²) in [6.07, 6.45) is 0. The van der Waals surface area contributed by atoms with Crippen LogP contribution in [0.3, 0.4) is 0 Å². The van der Waals surface area contributed by atoms with Gasteiger partial charge in [-0.2, -0.15) is 0 Å². The molecule has 1 atom stereocenters. The van der Waals surface area contributed by atoms with E-state index in [4.69, 9.17) is 16.6 Å². The minimum atomic E-state index is -0.347. The maximum absolute atomic E-state index is 13.1. The van der Waals surface area contributed by atoms with E-state index in [1.165, 1.54) is 11.8 Å². The largest absolute Gasteiger partial charge is 0.337 e. The van der Waals surface area contributed by atoms with E-state index < -0.39 is 0 Å². The Bertz CT molecular complexity index is 900. The van der Waals surface area contributed by atoms with Crippen molar-refractivity contribution in [3.8, 4) is 0 Å². The van der Waals surface area contributed by atoms with Crippen molar-refractivity contribution in [2.45, 2.75) is 77.5 Å². The Morgan fingerprint density at radius 1 is 1.14 bits per heavy atom. The summed E-state index contributed by atoms with van der Waals surface area (Å²) in [5.41, 5.74) is 0.481. The average molecular weight is 424 g/mol. The Balaban J connectivity index is 2.48. The van der Waals surface area contributed by atoms with Gasteiger partial charge in [-0.15, -0.1) is 0 Å². The van der Waals surface area contributed by atoms with Crippen LogP contribution in [0.1, 0.15) is 48.5 Å². The van der Waals surface area contributed by atoms with Gasteiger partial charge in [0.15, 0.2) is 5.16 Å². The first-order chi connectivity index (χ1) is 13.0. The molecule has 1 heterocycles. The number of carbonyl (C=O) groups excluding carboxylic acids is 1. The molecule has 0 spiro atoms. The summed E-state index contributed by atoms with van der Waals surface area (Å²) in [5.74, 6) is 0.320. The van der Waals surface area contributed by atoms with Crippen LogP contribution in [-0.4, -0.2) is 37.7 Å². The number of thioether (sulfide) groups is 1. The fourth-order valence-electron chi connectivity index (χ4n) is 3.31. The predicted octanol–water partition coefficient (Wildman–Crippen LogP) is 4.83. The maximum Gasteiger partial charge on any atom is 0.262 e. The highest BCUT2D eigenvalue weighted by Crippen LogP contribution is 2.26. The predicted molar refractivity (Wildman–Crippen MR) is 118 cm³/mol. The fourth-order valence-corrected chi connectivity index (χ4v) is 4.46. The molecule has 28 heavy (non-hydrogen) atoms. The van der Waals surface area contributed by atoms with Crippen molar-refractivity contribution in [1.82, 2.24) is 14.5 Å². The van der Waals surface area contributed by atoms with E-state index in [-0.39, 0.29) is 34.7 Å². The molecular weight excluding hydrogens is 394 g/mol. The van der Waals surface area contributed by atoms with Crippen LogP contribution in [0.4, 0.5) is 0 Å². The highest BCUT2D eigenvalue weighted by Gasteiger charge is 2.27. The first-order valence-corrected chi connectivity index (χ1v) is 11.0. The molecule has 5 nitrogen and oxygen atoms in total. The molecule has 2 rings (SSSR count). The third-order valence-electron chi connectivity index (χ3n) is 4.43. The van der Waals surface area contributed by atoms with Crippen molar-refractivity contribution in [2.24, 2.45) is 5.92 Å². The molecule has 0 bridgehead atoms. The molecule has 0 unspecified atom stereocenters. The number of amides is 1. The third kappa shape index (κ3) is 5.09. The number of nitrogens with zero attached hydrogens (tertiary/aromatic N) is 3. The van der Waals surface area contributed by atoms with Gasteiger partial charge in [0, 0.05) is 23.7 Å². The second kappa shape index (κ2) is 9.31. The first kappa shape index (κ1) is 22.8. The summed E-state index contributed by atoms with van der Waals surface area (Å²) in [5, 5.41) is 1.24. The number of halogens is 1. The van der Waals surface area contributed by atoms with Crippen LogP contribution in [0, 0.1) is 5.92 Å². The number of rotatable bonds is 7. The lowest BCUT2D eigenvalue weighted by Gasteiger charge is -2.33. The second-order valence-corrected chi connectivity index (χ2v) is 9.80. The molecule has 154 valence electrons. The van der Waals surface area contributed by atoms with Gasteiger partial charge in [-0.3, -0.25) is 14.2 Å². The minimum Gasteiger partial charge on any atom is -0.337 e. The van der Waals surface area contributed by atoms with Gasteiger partial charge in [-0.1, -0.05) is 37.2 Å². The van der Waals surface area contributed by atoms with Gasteiger partial charge in [-0.25, -0.2) is 4.98 Å². The number of benzene rings is 1. The Kier molecular flexibility index (Phi) is 7.57. The second-order valence-electron chi connectivity index (χ2n) is 8.06. The molecule has 1 aromatic carbocycles. The van der Waals surface area contributed by atoms with Gasteiger partial charge in [0.1, 0.15) is 0 Å². The highest BCUT2D eigenvalue weighted by molar-refractivity contribution is 8.00. The highest BCUT2D eigenvalue weighted by atomic mass is 35.5. The lowest BCUT2D eigenvalue weighted by Crippen LogP contribution is -2.45. The Hall–Kier alpha value is -1.53. The third-order valence-corrected chi connectivity index (χ3v) is 5.74. The molecule has 0 fully saturated rings. The normalized spacial score (nSPS) is 13.0. The van der Waals surface area contributed by atoms with E-state index in [0.717, 1.165) is 0 Å².